The Kier molecular flexibility index (Phi) is 6.06. The standard InChI is InChI=1S/C25H35BO3/c1-24(2)25(3,4)29-26(28-24)17-22-16-21(23(22)20-12-8-9-13-20)14-15-27-18-19-10-6-5-7-11-19/h5-7,10-12,22H,8-9,13-18H2,1-4H3. The average molecular weight is 394 g/mol. The summed E-state index contributed by atoms with van der Waals surface area (Å²) in [5.74, 6) is 0.568. The molecule has 1 saturated heterocycles. The van der Waals surface area contributed by atoms with E-state index in [1.807, 2.05) is 6.07 Å². The molecular weight excluding hydrogens is 359 g/mol. The van der Waals surface area contributed by atoms with E-state index in [1.165, 1.54) is 24.8 Å². The Morgan fingerprint density at radius 2 is 1.79 bits per heavy atom. The maximum atomic E-state index is 6.28. The minimum atomic E-state index is -0.244. The number of rotatable bonds is 8. The van der Waals surface area contributed by atoms with Gasteiger partial charge in [-0.25, -0.2) is 0 Å². The molecule has 0 amide bonds. The van der Waals surface area contributed by atoms with Crippen LogP contribution in [0.4, 0.5) is 0 Å². The zero-order valence-corrected chi connectivity index (χ0v) is 18.5. The summed E-state index contributed by atoms with van der Waals surface area (Å²) in [6, 6.07) is 10.4. The van der Waals surface area contributed by atoms with Crippen LogP contribution in [0.3, 0.4) is 0 Å². The van der Waals surface area contributed by atoms with E-state index in [0.29, 0.717) is 12.5 Å². The molecule has 4 heteroatoms. The van der Waals surface area contributed by atoms with Gasteiger partial charge in [0.2, 0.25) is 0 Å². The SMILES string of the molecule is CC1(C)OB(CC2CC(CCOCc3ccccc3)=C2C2=CCCC2)OC1(C)C. The minimum absolute atomic E-state index is 0.0992. The molecule has 0 N–H and O–H groups in total. The van der Waals surface area contributed by atoms with E-state index in [-0.39, 0.29) is 18.3 Å². The first-order valence-electron chi connectivity index (χ1n) is 11.2. The van der Waals surface area contributed by atoms with Gasteiger partial charge >= 0.3 is 7.12 Å². The molecule has 4 rings (SSSR count). The van der Waals surface area contributed by atoms with Gasteiger partial charge in [0.15, 0.2) is 0 Å². The lowest BCUT2D eigenvalue weighted by molar-refractivity contribution is 0.00578. The first-order valence-corrected chi connectivity index (χ1v) is 11.2. The van der Waals surface area contributed by atoms with E-state index in [2.05, 4.69) is 58.0 Å². The molecule has 1 atom stereocenters. The second-order valence-corrected chi connectivity index (χ2v) is 9.75. The summed E-state index contributed by atoms with van der Waals surface area (Å²) in [4.78, 5) is 0. The second-order valence-electron chi connectivity index (χ2n) is 9.75. The highest BCUT2D eigenvalue weighted by molar-refractivity contribution is 6.45. The summed E-state index contributed by atoms with van der Waals surface area (Å²) < 4.78 is 18.5. The van der Waals surface area contributed by atoms with Crippen LogP contribution in [0.1, 0.15) is 65.4 Å². The van der Waals surface area contributed by atoms with Crippen molar-refractivity contribution in [3.05, 3.63) is 58.7 Å². The second kappa shape index (κ2) is 8.41. The quantitative estimate of drug-likeness (QED) is 0.393. The molecular formula is C25H35BO3. The monoisotopic (exact) mass is 394 g/mol. The zero-order chi connectivity index (χ0) is 20.5. The molecule has 1 aromatic rings. The predicted molar refractivity (Wildman–Crippen MR) is 119 cm³/mol. The summed E-state index contributed by atoms with van der Waals surface area (Å²) in [6.07, 6.45) is 9.36. The van der Waals surface area contributed by atoms with Gasteiger partial charge < -0.3 is 14.0 Å². The number of benzene rings is 1. The topological polar surface area (TPSA) is 27.7 Å². The fraction of sp³-hybridized carbons (Fsp3) is 0.600. The molecule has 1 aromatic carbocycles. The molecule has 0 saturated carbocycles. The lowest BCUT2D eigenvalue weighted by atomic mass is 9.63. The summed E-state index contributed by atoms with van der Waals surface area (Å²) in [5.41, 5.74) is 5.52. The van der Waals surface area contributed by atoms with E-state index in [9.17, 15) is 0 Å². The van der Waals surface area contributed by atoms with Crippen LogP contribution in [0.15, 0.2) is 53.1 Å². The maximum Gasteiger partial charge on any atom is 0.458 e. The summed E-state index contributed by atoms with van der Waals surface area (Å²) >= 11 is 0. The molecule has 3 aliphatic rings. The lowest BCUT2D eigenvalue weighted by Crippen LogP contribution is -2.41. The average Bonchev–Trinajstić information content (AvgIpc) is 3.23. The highest BCUT2D eigenvalue weighted by Crippen LogP contribution is 2.48. The van der Waals surface area contributed by atoms with Gasteiger partial charge in [-0.1, -0.05) is 42.0 Å². The first-order chi connectivity index (χ1) is 13.9. The van der Waals surface area contributed by atoms with Crippen molar-refractivity contribution in [3.63, 3.8) is 0 Å². The molecule has 1 unspecified atom stereocenters. The molecule has 29 heavy (non-hydrogen) atoms. The van der Waals surface area contributed by atoms with Crippen LogP contribution in [-0.2, 0) is 20.7 Å². The van der Waals surface area contributed by atoms with Crippen molar-refractivity contribution >= 4 is 7.12 Å². The highest BCUT2D eigenvalue weighted by atomic mass is 16.7. The van der Waals surface area contributed by atoms with Gasteiger partial charge in [0.25, 0.3) is 0 Å². The molecule has 0 spiro atoms. The Balaban J connectivity index is 1.35. The van der Waals surface area contributed by atoms with E-state index in [1.54, 1.807) is 16.7 Å². The first kappa shape index (κ1) is 20.9. The van der Waals surface area contributed by atoms with Crippen LogP contribution in [0.5, 0.6) is 0 Å². The Labute approximate surface area is 176 Å². The molecule has 1 heterocycles. The van der Waals surface area contributed by atoms with Crippen molar-refractivity contribution in [1.82, 2.24) is 0 Å². The van der Waals surface area contributed by atoms with Gasteiger partial charge in [0.1, 0.15) is 0 Å². The number of hydrogen-bond donors (Lipinski definition) is 0. The maximum absolute atomic E-state index is 6.28. The van der Waals surface area contributed by atoms with Crippen LogP contribution in [0.25, 0.3) is 0 Å². The van der Waals surface area contributed by atoms with Gasteiger partial charge in [0.05, 0.1) is 24.4 Å². The third kappa shape index (κ3) is 4.55. The number of ether oxygens (including phenoxy) is 1. The number of hydrogen-bond acceptors (Lipinski definition) is 3. The largest absolute Gasteiger partial charge is 0.458 e. The third-order valence-corrected chi connectivity index (χ3v) is 7.11. The Morgan fingerprint density at radius 3 is 2.45 bits per heavy atom. The smallest absolute Gasteiger partial charge is 0.403 e. The van der Waals surface area contributed by atoms with Crippen molar-refractivity contribution in [3.8, 4) is 0 Å². The van der Waals surface area contributed by atoms with Crippen molar-refractivity contribution in [1.29, 1.82) is 0 Å². The Morgan fingerprint density at radius 1 is 1.07 bits per heavy atom. The molecule has 2 aliphatic carbocycles. The van der Waals surface area contributed by atoms with Gasteiger partial charge in [-0.3, -0.25) is 0 Å². The van der Waals surface area contributed by atoms with Crippen molar-refractivity contribution < 1.29 is 14.0 Å². The van der Waals surface area contributed by atoms with E-state index in [0.717, 1.165) is 25.8 Å². The Hall–Kier alpha value is -1.36. The third-order valence-electron chi connectivity index (χ3n) is 7.11. The molecule has 1 fully saturated rings. The molecule has 0 aromatic heterocycles. The van der Waals surface area contributed by atoms with Crippen LogP contribution in [-0.4, -0.2) is 24.9 Å². The van der Waals surface area contributed by atoms with Crippen LogP contribution < -0.4 is 0 Å². The molecule has 156 valence electrons. The number of allylic oxidation sites excluding steroid dienone is 3. The lowest BCUT2D eigenvalue weighted by Gasteiger charge is -2.36. The predicted octanol–water partition coefficient (Wildman–Crippen LogP) is 6.11. The van der Waals surface area contributed by atoms with E-state index < -0.39 is 0 Å². The van der Waals surface area contributed by atoms with Crippen molar-refractivity contribution in [2.75, 3.05) is 6.61 Å². The minimum Gasteiger partial charge on any atom is -0.403 e. The molecule has 0 radical (unpaired) electrons. The van der Waals surface area contributed by atoms with Crippen LogP contribution in [0, 0.1) is 5.92 Å². The molecule has 1 aliphatic heterocycles. The summed E-state index contributed by atoms with van der Waals surface area (Å²) in [7, 11) is -0.0992. The summed E-state index contributed by atoms with van der Waals surface area (Å²) in [6.45, 7) is 10.0. The fourth-order valence-electron chi connectivity index (χ4n) is 4.76. The summed E-state index contributed by atoms with van der Waals surface area (Å²) in [5, 5.41) is 0. The van der Waals surface area contributed by atoms with E-state index in [4.69, 9.17) is 14.0 Å². The van der Waals surface area contributed by atoms with Gasteiger partial charge in [-0.2, -0.15) is 0 Å². The highest BCUT2D eigenvalue weighted by Gasteiger charge is 2.52. The van der Waals surface area contributed by atoms with Crippen molar-refractivity contribution in [2.45, 2.75) is 83.9 Å². The van der Waals surface area contributed by atoms with Gasteiger partial charge in [0, 0.05) is 0 Å². The Bertz CT molecular complexity index is 763. The zero-order valence-electron chi connectivity index (χ0n) is 18.5. The van der Waals surface area contributed by atoms with Gasteiger partial charge in [-0.15, -0.1) is 0 Å². The van der Waals surface area contributed by atoms with Crippen LogP contribution in [0.2, 0.25) is 6.32 Å². The van der Waals surface area contributed by atoms with Crippen molar-refractivity contribution in [2.24, 2.45) is 5.92 Å². The van der Waals surface area contributed by atoms with Crippen LogP contribution >= 0.6 is 0 Å². The van der Waals surface area contributed by atoms with E-state index >= 15 is 0 Å². The van der Waals surface area contributed by atoms with Gasteiger partial charge in [-0.05, 0) is 88.7 Å². The molecule has 3 nitrogen and oxygen atoms in total. The fourth-order valence-corrected chi connectivity index (χ4v) is 4.76. The molecule has 0 bridgehead atoms. The normalized spacial score (nSPS) is 25.3.